The first kappa shape index (κ1) is 22.1. The average Bonchev–Trinajstić information content (AvgIpc) is 3.26. The van der Waals surface area contributed by atoms with Crippen molar-refractivity contribution in [3.05, 3.63) is 101 Å². The van der Waals surface area contributed by atoms with Crippen LogP contribution in [0.5, 0.6) is 0 Å². The van der Waals surface area contributed by atoms with E-state index in [0.29, 0.717) is 5.56 Å². The summed E-state index contributed by atoms with van der Waals surface area (Å²) < 4.78 is 13.6. The molecule has 0 amide bonds. The number of halogens is 1. The molecule has 0 bridgehead atoms. The molecule has 3 atom stereocenters. The van der Waals surface area contributed by atoms with E-state index in [1.165, 1.54) is 17.7 Å². The number of pyridine rings is 1. The number of hydrogen-bond acceptors (Lipinski definition) is 4. The number of benzene rings is 2. The van der Waals surface area contributed by atoms with E-state index in [-0.39, 0.29) is 17.3 Å². The average molecular weight is 430 g/mol. The number of hydrogen-bond donors (Lipinski definition) is 1. The quantitative estimate of drug-likeness (QED) is 0.581. The highest BCUT2D eigenvalue weighted by Crippen LogP contribution is 2.43. The third-order valence-corrected chi connectivity index (χ3v) is 6.85. The number of rotatable bonds is 7. The molecule has 4 nitrogen and oxygen atoms in total. The Kier molecular flexibility index (Phi) is 6.64. The highest BCUT2D eigenvalue weighted by Gasteiger charge is 2.44. The van der Waals surface area contributed by atoms with Gasteiger partial charge in [-0.05, 0) is 79.8 Å². The first-order valence-corrected chi connectivity index (χ1v) is 11.1. The number of nitrogens with zero attached hydrogens (tertiary/aromatic N) is 3. The molecule has 4 rings (SSSR count). The number of likely N-dealkylation sites (tertiary alicyclic amines) is 1. The number of aliphatic hydroxyl groups is 1. The van der Waals surface area contributed by atoms with Gasteiger partial charge in [-0.3, -0.25) is 9.88 Å². The van der Waals surface area contributed by atoms with Crippen LogP contribution in [0.4, 0.5) is 4.39 Å². The zero-order valence-corrected chi connectivity index (χ0v) is 18.3. The number of aliphatic hydroxyl groups excluding tert-OH is 1. The summed E-state index contributed by atoms with van der Waals surface area (Å²) in [7, 11) is 0. The monoisotopic (exact) mass is 429 g/mol. The second-order valence-corrected chi connectivity index (χ2v) is 8.81. The molecule has 0 radical (unpaired) electrons. The van der Waals surface area contributed by atoms with E-state index in [9.17, 15) is 9.50 Å². The van der Waals surface area contributed by atoms with Gasteiger partial charge < -0.3 is 5.11 Å². The molecule has 164 valence electrons. The van der Waals surface area contributed by atoms with Crippen LogP contribution in [0.25, 0.3) is 0 Å². The minimum Gasteiger partial charge on any atom is -0.393 e. The van der Waals surface area contributed by atoms with Gasteiger partial charge in [0.05, 0.1) is 23.8 Å². The molecule has 0 saturated carbocycles. The smallest absolute Gasteiger partial charge is 0.123 e. The summed E-state index contributed by atoms with van der Waals surface area (Å²) in [5, 5.41) is 19.8. The molecular formula is C27H28FN3O. The molecule has 2 heterocycles. The molecule has 1 aliphatic heterocycles. The number of aromatic nitrogens is 1. The third-order valence-electron chi connectivity index (χ3n) is 6.85. The first-order valence-electron chi connectivity index (χ1n) is 11.1. The van der Waals surface area contributed by atoms with Gasteiger partial charge in [0.2, 0.25) is 0 Å². The molecule has 1 saturated heterocycles. The predicted octanol–water partition coefficient (Wildman–Crippen LogP) is 4.89. The molecular weight excluding hydrogens is 401 g/mol. The van der Waals surface area contributed by atoms with Crippen LogP contribution < -0.4 is 0 Å². The van der Waals surface area contributed by atoms with Gasteiger partial charge in [0.25, 0.3) is 0 Å². The zero-order chi connectivity index (χ0) is 22.6. The molecule has 3 aromatic rings. The van der Waals surface area contributed by atoms with Crippen LogP contribution in [0.3, 0.4) is 0 Å². The van der Waals surface area contributed by atoms with Gasteiger partial charge in [-0.15, -0.1) is 0 Å². The fourth-order valence-corrected chi connectivity index (χ4v) is 4.84. The Balaban J connectivity index is 1.57. The van der Waals surface area contributed by atoms with E-state index in [2.05, 4.69) is 22.0 Å². The number of nitriles is 1. The molecule has 1 aliphatic rings. The maximum atomic E-state index is 13.6. The van der Waals surface area contributed by atoms with Crippen LogP contribution >= 0.6 is 0 Å². The maximum Gasteiger partial charge on any atom is 0.123 e. The number of aryl methyl sites for hydroxylation is 1. The fraction of sp³-hybridized carbons (Fsp3) is 0.333. The van der Waals surface area contributed by atoms with Gasteiger partial charge >= 0.3 is 0 Å². The Labute approximate surface area is 189 Å². The van der Waals surface area contributed by atoms with Crippen LogP contribution in [0.1, 0.15) is 48.1 Å². The molecule has 1 fully saturated rings. The van der Waals surface area contributed by atoms with Gasteiger partial charge in [0, 0.05) is 24.4 Å². The second kappa shape index (κ2) is 9.60. The molecule has 0 spiro atoms. The van der Waals surface area contributed by atoms with Crippen molar-refractivity contribution >= 4 is 0 Å². The molecule has 5 heteroatoms. The van der Waals surface area contributed by atoms with E-state index >= 15 is 0 Å². The summed E-state index contributed by atoms with van der Waals surface area (Å²) >= 11 is 0. The first-order chi connectivity index (χ1) is 15.5. The summed E-state index contributed by atoms with van der Waals surface area (Å²) in [5.74, 6) is -0.249. The van der Waals surface area contributed by atoms with Gasteiger partial charge in [0.1, 0.15) is 5.82 Å². The Morgan fingerprint density at radius 3 is 2.50 bits per heavy atom. The molecule has 2 aromatic carbocycles. The van der Waals surface area contributed by atoms with Crippen LogP contribution in [0.2, 0.25) is 0 Å². The molecule has 1 aromatic heterocycles. The second-order valence-electron chi connectivity index (χ2n) is 8.81. The Morgan fingerprint density at radius 2 is 1.88 bits per heavy atom. The summed E-state index contributed by atoms with van der Waals surface area (Å²) in [4.78, 5) is 6.69. The van der Waals surface area contributed by atoms with Crippen molar-refractivity contribution in [1.29, 1.82) is 5.26 Å². The molecule has 1 N–H and O–H groups in total. The van der Waals surface area contributed by atoms with Crippen LogP contribution in [0, 0.1) is 22.6 Å². The lowest BCUT2D eigenvalue weighted by Gasteiger charge is -2.35. The topological polar surface area (TPSA) is 60.1 Å². The SMILES string of the molecule is C[C@@H](O)[C@@]1(CCc2ccc(C#N)cc2)CCN(C(c2ccc(F)cc2)c2cccnc2)C1. The van der Waals surface area contributed by atoms with Crippen molar-refractivity contribution < 1.29 is 9.50 Å². The van der Waals surface area contributed by atoms with E-state index in [0.717, 1.165) is 43.5 Å². The minimum atomic E-state index is -0.450. The lowest BCUT2D eigenvalue weighted by atomic mass is 9.77. The van der Waals surface area contributed by atoms with E-state index in [1.807, 2.05) is 55.6 Å². The molecule has 0 aliphatic carbocycles. The van der Waals surface area contributed by atoms with E-state index < -0.39 is 6.10 Å². The zero-order valence-electron chi connectivity index (χ0n) is 18.3. The van der Waals surface area contributed by atoms with Gasteiger partial charge in [-0.2, -0.15) is 5.26 Å². The minimum absolute atomic E-state index is 0.0418. The van der Waals surface area contributed by atoms with Gasteiger partial charge in [-0.1, -0.05) is 30.3 Å². The van der Waals surface area contributed by atoms with Crippen molar-refractivity contribution in [3.8, 4) is 6.07 Å². The normalized spacial score (nSPS) is 20.6. The highest BCUT2D eigenvalue weighted by atomic mass is 19.1. The van der Waals surface area contributed by atoms with Crippen molar-refractivity contribution in [2.24, 2.45) is 5.41 Å². The van der Waals surface area contributed by atoms with Crippen LogP contribution in [-0.2, 0) is 6.42 Å². The Morgan fingerprint density at radius 1 is 1.12 bits per heavy atom. The lowest BCUT2D eigenvalue weighted by molar-refractivity contribution is 0.0355. The Bertz CT molecular complexity index is 1060. The summed E-state index contributed by atoms with van der Waals surface area (Å²) in [6.07, 6.45) is 5.77. The van der Waals surface area contributed by atoms with Crippen molar-refractivity contribution in [1.82, 2.24) is 9.88 Å². The molecule has 32 heavy (non-hydrogen) atoms. The predicted molar refractivity (Wildman–Crippen MR) is 122 cm³/mol. The highest BCUT2D eigenvalue weighted by molar-refractivity contribution is 5.32. The summed E-state index contributed by atoms with van der Waals surface area (Å²) in [6.45, 7) is 3.48. The van der Waals surface area contributed by atoms with Gasteiger partial charge in [-0.25, -0.2) is 4.39 Å². The van der Waals surface area contributed by atoms with Crippen molar-refractivity contribution in [2.45, 2.75) is 38.3 Å². The molecule has 1 unspecified atom stereocenters. The third kappa shape index (κ3) is 4.72. The maximum absolute atomic E-state index is 13.6. The fourth-order valence-electron chi connectivity index (χ4n) is 4.84. The summed E-state index contributed by atoms with van der Waals surface area (Å²) in [5.41, 5.74) is 3.68. The lowest BCUT2D eigenvalue weighted by Crippen LogP contribution is -2.38. The Hall–Kier alpha value is -3.07. The van der Waals surface area contributed by atoms with Gasteiger partial charge in [0.15, 0.2) is 0 Å². The standard InChI is InChI=1S/C27H28FN3O/c1-20(32)27(13-12-21-4-6-22(17-29)7-5-21)14-16-31(19-27)26(24-3-2-15-30-18-24)23-8-10-25(28)11-9-23/h2-11,15,18,20,26,32H,12-14,16,19H2,1H3/t20-,26?,27+/m1/s1. The van der Waals surface area contributed by atoms with Crippen LogP contribution in [0.15, 0.2) is 73.1 Å². The van der Waals surface area contributed by atoms with Crippen molar-refractivity contribution in [3.63, 3.8) is 0 Å². The van der Waals surface area contributed by atoms with E-state index in [4.69, 9.17) is 5.26 Å². The largest absolute Gasteiger partial charge is 0.393 e. The van der Waals surface area contributed by atoms with Crippen LogP contribution in [-0.4, -0.2) is 34.2 Å². The van der Waals surface area contributed by atoms with E-state index in [1.54, 1.807) is 6.20 Å². The summed E-state index contributed by atoms with van der Waals surface area (Å²) in [6, 6.07) is 20.5. The van der Waals surface area contributed by atoms with Crippen molar-refractivity contribution in [2.75, 3.05) is 13.1 Å².